The summed E-state index contributed by atoms with van der Waals surface area (Å²) in [7, 11) is 4.13. The first-order valence-electron chi connectivity index (χ1n) is 8.00. The van der Waals surface area contributed by atoms with Crippen molar-refractivity contribution in [3.8, 4) is 0 Å². The lowest BCUT2D eigenvalue weighted by molar-refractivity contribution is -0.120. The smallest absolute Gasteiger partial charge is 0.133 e. The second kappa shape index (κ2) is 9.49. The molecule has 0 aromatic rings. The number of carbonyl (C=O) groups is 1. The number of rotatable bonds is 10. The van der Waals surface area contributed by atoms with E-state index in [9.17, 15) is 4.79 Å². The summed E-state index contributed by atoms with van der Waals surface area (Å²) in [6.07, 6.45) is 7.78. The minimum Gasteiger partial charge on any atom is -0.309 e. The summed E-state index contributed by atoms with van der Waals surface area (Å²) in [6.45, 7) is 6.88. The average molecular weight is 268 g/mol. The minimum absolute atomic E-state index is 0.474. The van der Waals surface area contributed by atoms with Crippen LogP contribution in [0.5, 0.6) is 0 Å². The van der Waals surface area contributed by atoms with Crippen LogP contribution in [0.2, 0.25) is 0 Å². The second-order valence-electron chi connectivity index (χ2n) is 6.31. The van der Waals surface area contributed by atoms with E-state index in [0.29, 0.717) is 11.7 Å². The summed E-state index contributed by atoms with van der Waals surface area (Å²) in [5, 5.41) is 0. The molecule has 1 aliphatic rings. The molecule has 1 saturated heterocycles. The SMILES string of the molecule is CCCCCN1CCC(CC(=O)CCCN(C)C)C1. The van der Waals surface area contributed by atoms with Gasteiger partial charge in [0, 0.05) is 19.4 Å². The zero-order valence-corrected chi connectivity index (χ0v) is 13.2. The molecule has 0 aromatic carbocycles. The third-order valence-electron chi connectivity index (χ3n) is 4.03. The van der Waals surface area contributed by atoms with Crippen LogP contribution in [0.15, 0.2) is 0 Å². The highest BCUT2D eigenvalue weighted by atomic mass is 16.1. The number of nitrogens with zero attached hydrogens (tertiary/aromatic N) is 2. The summed E-state index contributed by atoms with van der Waals surface area (Å²) < 4.78 is 0. The van der Waals surface area contributed by atoms with Crippen LogP contribution in [0.25, 0.3) is 0 Å². The zero-order chi connectivity index (χ0) is 14.1. The van der Waals surface area contributed by atoms with E-state index in [1.807, 2.05) is 0 Å². The summed E-state index contributed by atoms with van der Waals surface area (Å²) in [5.41, 5.74) is 0. The number of Topliss-reactive ketones (excluding diaryl/α,β-unsaturated/α-hetero) is 1. The fourth-order valence-electron chi connectivity index (χ4n) is 2.88. The Labute approximate surface area is 119 Å². The molecule has 1 fully saturated rings. The molecule has 0 aromatic heterocycles. The second-order valence-corrected chi connectivity index (χ2v) is 6.31. The van der Waals surface area contributed by atoms with Gasteiger partial charge in [-0.1, -0.05) is 19.8 Å². The highest BCUT2D eigenvalue weighted by molar-refractivity contribution is 5.78. The lowest BCUT2D eigenvalue weighted by Gasteiger charge is -2.15. The van der Waals surface area contributed by atoms with Gasteiger partial charge < -0.3 is 9.80 Å². The molecule has 0 aliphatic carbocycles. The number of unbranched alkanes of at least 4 members (excludes halogenated alkanes) is 2. The third kappa shape index (κ3) is 7.68. The maximum absolute atomic E-state index is 11.9. The van der Waals surface area contributed by atoms with Crippen LogP contribution in [0.4, 0.5) is 0 Å². The van der Waals surface area contributed by atoms with Crippen molar-refractivity contribution >= 4 is 5.78 Å². The fraction of sp³-hybridized carbons (Fsp3) is 0.938. The van der Waals surface area contributed by atoms with Gasteiger partial charge in [0.15, 0.2) is 0 Å². The first-order chi connectivity index (χ1) is 9.11. The van der Waals surface area contributed by atoms with Gasteiger partial charge in [0.05, 0.1) is 0 Å². The molecule has 0 radical (unpaired) electrons. The molecule has 0 spiro atoms. The van der Waals surface area contributed by atoms with Gasteiger partial charge in [0.2, 0.25) is 0 Å². The van der Waals surface area contributed by atoms with E-state index in [2.05, 4.69) is 30.8 Å². The summed E-state index contributed by atoms with van der Waals surface area (Å²) in [5.74, 6) is 1.11. The van der Waals surface area contributed by atoms with Gasteiger partial charge in [-0.25, -0.2) is 0 Å². The van der Waals surface area contributed by atoms with Crippen molar-refractivity contribution in [2.75, 3.05) is 40.3 Å². The van der Waals surface area contributed by atoms with Crippen molar-refractivity contribution in [1.29, 1.82) is 0 Å². The van der Waals surface area contributed by atoms with E-state index >= 15 is 0 Å². The monoisotopic (exact) mass is 268 g/mol. The van der Waals surface area contributed by atoms with Crippen LogP contribution in [-0.4, -0.2) is 55.9 Å². The van der Waals surface area contributed by atoms with E-state index in [-0.39, 0.29) is 0 Å². The van der Waals surface area contributed by atoms with Crippen LogP contribution in [0.3, 0.4) is 0 Å². The highest BCUT2D eigenvalue weighted by Crippen LogP contribution is 2.21. The number of hydrogen-bond donors (Lipinski definition) is 0. The van der Waals surface area contributed by atoms with Gasteiger partial charge >= 0.3 is 0 Å². The van der Waals surface area contributed by atoms with Crippen LogP contribution < -0.4 is 0 Å². The van der Waals surface area contributed by atoms with Gasteiger partial charge in [-0.15, -0.1) is 0 Å². The lowest BCUT2D eigenvalue weighted by Crippen LogP contribution is -2.22. The van der Waals surface area contributed by atoms with E-state index in [0.717, 1.165) is 32.4 Å². The fourth-order valence-corrected chi connectivity index (χ4v) is 2.88. The van der Waals surface area contributed by atoms with E-state index in [1.54, 1.807) is 0 Å². The van der Waals surface area contributed by atoms with Gasteiger partial charge in [0.25, 0.3) is 0 Å². The van der Waals surface area contributed by atoms with Crippen molar-refractivity contribution in [3.05, 3.63) is 0 Å². The van der Waals surface area contributed by atoms with E-state index in [1.165, 1.54) is 38.8 Å². The largest absolute Gasteiger partial charge is 0.309 e. The molecule has 19 heavy (non-hydrogen) atoms. The number of carbonyl (C=O) groups excluding carboxylic acids is 1. The first-order valence-corrected chi connectivity index (χ1v) is 8.00. The van der Waals surface area contributed by atoms with Crippen LogP contribution in [0.1, 0.15) is 51.9 Å². The Hall–Kier alpha value is -0.410. The molecule has 1 heterocycles. The summed E-state index contributed by atoms with van der Waals surface area (Å²) in [6, 6.07) is 0. The standard InChI is InChI=1S/C16H32N2O/c1-4-5-6-11-18-12-9-15(14-18)13-16(19)8-7-10-17(2)3/h15H,4-14H2,1-3H3. The maximum Gasteiger partial charge on any atom is 0.133 e. The normalized spacial score (nSPS) is 20.3. The Kier molecular flexibility index (Phi) is 8.31. The summed E-state index contributed by atoms with van der Waals surface area (Å²) >= 11 is 0. The van der Waals surface area contributed by atoms with E-state index in [4.69, 9.17) is 0 Å². The molecule has 3 nitrogen and oxygen atoms in total. The predicted octanol–water partition coefficient (Wildman–Crippen LogP) is 2.80. The molecule has 1 rings (SSSR count). The predicted molar refractivity (Wildman–Crippen MR) is 81.5 cm³/mol. The van der Waals surface area contributed by atoms with Crippen molar-refractivity contribution in [2.45, 2.75) is 51.9 Å². The molecule has 1 unspecified atom stereocenters. The van der Waals surface area contributed by atoms with Gasteiger partial charge in [-0.2, -0.15) is 0 Å². The molecule has 0 N–H and O–H groups in total. The molecule has 0 saturated carbocycles. The molecule has 112 valence electrons. The highest BCUT2D eigenvalue weighted by Gasteiger charge is 2.23. The molecule has 1 aliphatic heterocycles. The quantitative estimate of drug-likeness (QED) is 0.569. The Morgan fingerprint density at radius 3 is 2.74 bits per heavy atom. The molecule has 3 heteroatoms. The van der Waals surface area contributed by atoms with Crippen molar-refractivity contribution < 1.29 is 4.79 Å². The Balaban J connectivity index is 2.08. The molecular weight excluding hydrogens is 236 g/mol. The van der Waals surface area contributed by atoms with Gasteiger partial charge in [0.1, 0.15) is 5.78 Å². The topological polar surface area (TPSA) is 23.6 Å². The molecule has 0 amide bonds. The maximum atomic E-state index is 11.9. The van der Waals surface area contributed by atoms with E-state index < -0.39 is 0 Å². The first kappa shape index (κ1) is 16.6. The Morgan fingerprint density at radius 2 is 2.05 bits per heavy atom. The van der Waals surface area contributed by atoms with Crippen LogP contribution in [0, 0.1) is 5.92 Å². The molecule has 0 bridgehead atoms. The minimum atomic E-state index is 0.474. The van der Waals surface area contributed by atoms with Crippen molar-refractivity contribution in [3.63, 3.8) is 0 Å². The van der Waals surface area contributed by atoms with Gasteiger partial charge in [-0.05, 0) is 58.9 Å². The average Bonchev–Trinajstić information content (AvgIpc) is 2.76. The van der Waals surface area contributed by atoms with Crippen LogP contribution >= 0.6 is 0 Å². The third-order valence-corrected chi connectivity index (χ3v) is 4.03. The summed E-state index contributed by atoms with van der Waals surface area (Å²) in [4.78, 5) is 16.6. The molecular formula is C16H32N2O. The number of ketones is 1. The van der Waals surface area contributed by atoms with Crippen molar-refractivity contribution in [2.24, 2.45) is 5.92 Å². The van der Waals surface area contributed by atoms with Crippen LogP contribution in [-0.2, 0) is 4.79 Å². The Morgan fingerprint density at radius 1 is 1.26 bits per heavy atom. The lowest BCUT2D eigenvalue weighted by atomic mass is 9.99. The zero-order valence-electron chi connectivity index (χ0n) is 13.2. The van der Waals surface area contributed by atoms with Gasteiger partial charge in [-0.3, -0.25) is 4.79 Å². The molecule has 1 atom stereocenters. The number of hydrogen-bond acceptors (Lipinski definition) is 3. The number of likely N-dealkylation sites (tertiary alicyclic amines) is 1. The van der Waals surface area contributed by atoms with Crippen molar-refractivity contribution in [1.82, 2.24) is 9.80 Å². The Bertz CT molecular complexity index is 253.